The van der Waals surface area contributed by atoms with E-state index in [0.717, 1.165) is 49.4 Å². The van der Waals surface area contributed by atoms with Gasteiger partial charge in [0.2, 0.25) is 0 Å². The van der Waals surface area contributed by atoms with Crippen LogP contribution in [0.15, 0.2) is 136 Å². The summed E-state index contributed by atoms with van der Waals surface area (Å²) in [5.41, 5.74) is 12.3. The first-order valence-electron chi connectivity index (χ1n) is 14.7. The Morgan fingerprint density at radius 2 is 1.12 bits per heavy atom. The molecule has 198 valence electrons. The van der Waals surface area contributed by atoms with Crippen LogP contribution in [0.4, 0.5) is 0 Å². The normalized spacial score (nSPS) is 12.7. The van der Waals surface area contributed by atoms with Crippen LogP contribution in [0.25, 0.3) is 104 Å². The highest BCUT2D eigenvalue weighted by Gasteiger charge is 2.28. The summed E-state index contributed by atoms with van der Waals surface area (Å²) < 4.78 is 15.3. The van der Waals surface area contributed by atoms with E-state index in [1.54, 1.807) is 0 Å². The Morgan fingerprint density at radius 1 is 0.372 bits per heavy atom. The Labute approximate surface area is 244 Å². The summed E-state index contributed by atoms with van der Waals surface area (Å²) in [5, 5.41) is 9.54. The maximum absolute atomic E-state index is 6.55. The van der Waals surface area contributed by atoms with Crippen molar-refractivity contribution >= 4 is 76.5 Å². The van der Waals surface area contributed by atoms with Crippen LogP contribution in [0.2, 0.25) is 0 Å². The summed E-state index contributed by atoms with van der Waals surface area (Å²) in [6.45, 7) is 0. The monoisotopic (exact) mass is 547 g/mol. The summed E-state index contributed by atoms with van der Waals surface area (Å²) in [6, 6.07) is 45.6. The number of nitrogens with zero attached hydrogens (tertiary/aromatic N) is 1. The third-order valence-corrected chi connectivity index (χ3v) is 9.54. The summed E-state index contributed by atoms with van der Waals surface area (Å²) in [5.74, 6) is 0. The fraction of sp³-hybridized carbons (Fsp3) is 0. The molecule has 0 unspecified atom stereocenters. The van der Waals surface area contributed by atoms with Gasteiger partial charge in [0.15, 0.2) is 0 Å². The number of rotatable bonds is 1. The van der Waals surface area contributed by atoms with Crippen LogP contribution in [-0.2, 0) is 0 Å². The van der Waals surface area contributed by atoms with Crippen molar-refractivity contribution in [3.05, 3.63) is 127 Å². The Balaban J connectivity index is 1.27. The molecule has 0 saturated heterocycles. The Bertz CT molecular complexity index is 2840. The number of fused-ring (bicyclic) bond motifs is 14. The molecule has 11 rings (SSSR count). The van der Waals surface area contributed by atoms with Gasteiger partial charge in [0, 0.05) is 37.9 Å². The molecular weight excluding hydrogens is 526 g/mol. The van der Waals surface area contributed by atoms with Crippen LogP contribution in [0, 0.1) is 0 Å². The average Bonchev–Trinajstić information content (AvgIpc) is 3.79. The summed E-state index contributed by atoms with van der Waals surface area (Å²) in [4.78, 5) is 0. The van der Waals surface area contributed by atoms with Crippen molar-refractivity contribution < 1.29 is 8.83 Å². The van der Waals surface area contributed by atoms with Crippen molar-refractivity contribution in [1.29, 1.82) is 0 Å². The molecule has 0 bridgehead atoms. The first-order valence-corrected chi connectivity index (χ1v) is 14.7. The van der Waals surface area contributed by atoms with Gasteiger partial charge in [-0.1, -0.05) is 78.9 Å². The van der Waals surface area contributed by atoms with Gasteiger partial charge in [0.1, 0.15) is 22.3 Å². The number of aromatic nitrogens is 1. The molecule has 3 heteroatoms. The third kappa shape index (κ3) is 2.58. The number of hydrogen-bond donors (Lipinski definition) is 0. The van der Waals surface area contributed by atoms with Gasteiger partial charge in [0.25, 0.3) is 0 Å². The van der Waals surface area contributed by atoms with E-state index in [1.165, 1.54) is 55.0 Å². The van der Waals surface area contributed by atoms with Crippen molar-refractivity contribution in [3.63, 3.8) is 0 Å². The smallest absolute Gasteiger partial charge is 0.145 e. The van der Waals surface area contributed by atoms with Crippen LogP contribution in [-0.4, -0.2) is 4.57 Å². The topological polar surface area (TPSA) is 31.2 Å². The SMILES string of the molecule is c1ccc2c(c1)oc1c2ccc2c1c1ccccc1n2-c1ccc2c3c(cccc13)-c1c-2ccc2oc3ccccc3c12. The van der Waals surface area contributed by atoms with Gasteiger partial charge >= 0.3 is 0 Å². The maximum atomic E-state index is 6.55. The van der Waals surface area contributed by atoms with Gasteiger partial charge in [-0.3, -0.25) is 0 Å². The second kappa shape index (κ2) is 7.53. The van der Waals surface area contributed by atoms with Crippen LogP contribution in [0.1, 0.15) is 0 Å². The summed E-state index contributed by atoms with van der Waals surface area (Å²) in [6.07, 6.45) is 0. The van der Waals surface area contributed by atoms with Crippen molar-refractivity contribution in [1.82, 2.24) is 4.57 Å². The minimum atomic E-state index is 0.919. The molecule has 0 aliphatic heterocycles. The first kappa shape index (κ1) is 21.9. The second-order valence-electron chi connectivity index (χ2n) is 11.6. The molecule has 0 fully saturated rings. The van der Waals surface area contributed by atoms with Crippen molar-refractivity contribution in [2.75, 3.05) is 0 Å². The second-order valence-corrected chi connectivity index (χ2v) is 11.6. The van der Waals surface area contributed by atoms with Crippen LogP contribution >= 0.6 is 0 Å². The molecule has 0 N–H and O–H groups in total. The minimum Gasteiger partial charge on any atom is -0.456 e. The lowest BCUT2D eigenvalue weighted by Gasteiger charge is -2.13. The predicted molar refractivity (Wildman–Crippen MR) is 177 cm³/mol. The molecule has 1 aliphatic rings. The van der Waals surface area contributed by atoms with Crippen LogP contribution in [0.5, 0.6) is 0 Å². The molecule has 0 amide bonds. The zero-order chi connectivity index (χ0) is 27.8. The Kier molecular flexibility index (Phi) is 3.83. The Morgan fingerprint density at radius 3 is 2.02 bits per heavy atom. The van der Waals surface area contributed by atoms with Crippen LogP contribution < -0.4 is 0 Å². The van der Waals surface area contributed by atoms with E-state index in [4.69, 9.17) is 8.83 Å². The van der Waals surface area contributed by atoms with Crippen LogP contribution in [0.3, 0.4) is 0 Å². The number of para-hydroxylation sites is 3. The highest BCUT2D eigenvalue weighted by Crippen LogP contribution is 2.53. The molecule has 10 aromatic rings. The average molecular weight is 548 g/mol. The van der Waals surface area contributed by atoms with Crippen molar-refractivity contribution in [2.45, 2.75) is 0 Å². The molecule has 43 heavy (non-hydrogen) atoms. The van der Waals surface area contributed by atoms with E-state index >= 15 is 0 Å². The predicted octanol–water partition coefficient (Wildman–Crippen LogP) is 11.4. The number of furan rings is 2. The lowest BCUT2D eigenvalue weighted by Crippen LogP contribution is -1.95. The molecule has 7 aromatic carbocycles. The number of benzene rings is 7. The van der Waals surface area contributed by atoms with Crippen molar-refractivity contribution in [3.8, 4) is 27.9 Å². The van der Waals surface area contributed by atoms with Gasteiger partial charge in [0.05, 0.1) is 22.1 Å². The fourth-order valence-electron chi connectivity index (χ4n) is 7.83. The van der Waals surface area contributed by atoms with Gasteiger partial charge in [-0.2, -0.15) is 0 Å². The molecule has 1 aliphatic carbocycles. The zero-order valence-electron chi connectivity index (χ0n) is 22.9. The molecule has 0 spiro atoms. The molecule has 0 radical (unpaired) electrons. The van der Waals surface area contributed by atoms with E-state index in [-0.39, 0.29) is 0 Å². The summed E-state index contributed by atoms with van der Waals surface area (Å²) in [7, 11) is 0. The van der Waals surface area contributed by atoms with Gasteiger partial charge in [-0.25, -0.2) is 0 Å². The van der Waals surface area contributed by atoms with E-state index in [2.05, 4.69) is 120 Å². The Hall–Kier alpha value is -5.80. The van der Waals surface area contributed by atoms with E-state index in [0.29, 0.717) is 0 Å². The van der Waals surface area contributed by atoms with E-state index < -0.39 is 0 Å². The quantitative estimate of drug-likeness (QED) is 0.205. The lowest BCUT2D eigenvalue weighted by atomic mass is 9.98. The highest BCUT2D eigenvalue weighted by molar-refractivity contribution is 6.28. The largest absolute Gasteiger partial charge is 0.456 e. The third-order valence-electron chi connectivity index (χ3n) is 9.54. The molecule has 0 atom stereocenters. The molecule has 0 saturated carbocycles. The molecule has 3 aromatic heterocycles. The molecular formula is C40H21NO2. The zero-order valence-corrected chi connectivity index (χ0v) is 22.9. The van der Waals surface area contributed by atoms with E-state index in [9.17, 15) is 0 Å². The van der Waals surface area contributed by atoms with Gasteiger partial charge in [-0.05, 0) is 70.6 Å². The number of hydrogen-bond acceptors (Lipinski definition) is 2. The van der Waals surface area contributed by atoms with Gasteiger partial charge in [-0.15, -0.1) is 0 Å². The van der Waals surface area contributed by atoms with Crippen molar-refractivity contribution in [2.24, 2.45) is 0 Å². The molecule has 3 heterocycles. The van der Waals surface area contributed by atoms with Gasteiger partial charge < -0.3 is 13.4 Å². The first-order chi connectivity index (χ1) is 21.3. The summed E-state index contributed by atoms with van der Waals surface area (Å²) >= 11 is 0. The van der Waals surface area contributed by atoms with E-state index in [1.807, 2.05) is 12.1 Å². The fourth-order valence-corrected chi connectivity index (χ4v) is 7.83. The highest BCUT2D eigenvalue weighted by atomic mass is 16.3. The standard InChI is InChI=1S/C40H21NO2/c1-4-13-30-27(9-1)38-32(20-17-25-22-8-2-5-14-33(22)43-40(25)38)41(30)31-19-16-23-24-18-21-35-39(28-10-3-6-15-34(28)42-35)37(24)29-12-7-11-26(31)36(23)29/h1-21H. The maximum Gasteiger partial charge on any atom is 0.145 e. The minimum absolute atomic E-state index is 0.919. The lowest BCUT2D eigenvalue weighted by molar-refractivity contribution is 0.669. The molecule has 3 nitrogen and oxygen atoms in total.